The van der Waals surface area contributed by atoms with Gasteiger partial charge in [0.1, 0.15) is 0 Å². The third-order valence-corrected chi connectivity index (χ3v) is 4.82. The Morgan fingerprint density at radius 3 is 2.72 bits per heavy atom. The Labute approximate surface area is 109 Å². The van der Waals surface area contributed by atoms with Crippen molar-refractivity contribution in [1.29, 1.82) is 0 Å². The first-order valence-electron chi connectivity index (χ1n) is 7.31. The molecule has 1 spiro atoms. The summed E-state index contributed by atoms with van der Waals surface area (Å²) in [6.07, 6.45) is 10.8. The SMILES string of the molecule is Cc1noc(CCNC2CCC23CCCCC3)n1. The minimum absolute atomic E-state index is 0.642. The summed E-state index contributed by atoms with van der Waals surface area (Å²) in [6.45, 7) is 2.83. The number of nitrogens with zero attached hydrogens (tertiary/aromatic N) is 2. The molecule has 0 bridgehead atoms. The van der Waals surface area contributed by atoms with Crippen LogP contribution in [0, 0.1) is 12.3 Å². The Bertz CT molecular complexity index is 395. The molecule has 2 saturated carbocycles. The van der Waals surface area contributed by atoms with Gasteiger partial charge in [0.25, 0.3) is 0 Å². The van der Waals surface area contributed by atoms with E-state index in [0.717, 1.165) is 30.7 Å². The molecule has 0 aliphatic heterocycles. The third kappa shape index (κ3) is 2.30. The van der Waals surface area contributed by atoms with E-state index in [2.05, 4.69) is 15.5 Å². The average Bonchev–Trinajstić information content (AvgIpc) is 2.80. The minimum atomic E-state index is 0.642. The molecule has 0 amide bonds. The summed E-state index contributed by atoms with van der Waals surface area (Å²) in [7, 11) is 0. The van der Waals surface area contributed by atoms with Crippen LogP contribution in [0.25, 0.3) is 0 Å². The van der Waals surface area contributed by atoms with E-state index in [4.69, 9.17) is 4.52 Å². The fourth-order valence-corrected chi connectivity index (χ4v) is 3.66. The summed E-state index contributed by atoms with van der Waals surface area (Å²) >= 11 is 0. The van der Waals surface area contributed by atoms with Crippen LogP contribution in [0.4, 0.5) is 0 Å². The summed E-state index contributed by atoms with van der Waals surface area (Å²) in [5, 5.41) is 7.53. The number of hydrogen-bond acceptors (Lipinski definition) is 4. The molecular formula is C14H23N3O. The summed E-state index contributed by atoms with van der Waals surface area (Å²) in [5.41, 5.74) is 0.642. The number of aryl methyl sites for hydroxylation is 1. The quantitative estimate of drug-likeness (QED) is 0.891. The Morgan fingerprint density at radius 1 is 1.28 bits per heavy atom. The summed E-state index contributed by atoms with van der Waals surface area (Å²) in [4.78, 5) is 4.24. The van der Waals surface area contributed by atoms with Crippen LogP contribution in [-0.2, 0) is 6.42 Å². The lowest BCUT2D eigenvalue weighted by molar-refractivity contribution is 0.0233. The normalized spacial score (nSPS) is 26.2. The maximum absolute atomic E-state index is 5.13. The average molecular weight is 249 g/mol. The molecule has 2 fully saturated rings. The van der Waals surface area contributed by atoms with Gasteiger partial charge in [-0.3, -0.25) is 0 Å². The van der Waals surface area contributed by atoms with E-state index in [9.17, 15) is 0 Å². The van der Waals surface area contributed by atoms with Gasteiger partial charge in [-0.2, -0.15) is 4.98 Å². The van der Waals surface area contributed by atoms with Gasteiger partial charge in [0.05, 0.1) is 0 Å². The fraction of sp³-hybridized carbons (Fsp3) is 0.857. The van der Waals surface area contributed by atoms with Gasteiger partial charge in [0, 0.05) is 19.0 Å². The van der Waals surface area contributed by atoms with Gasteiger partial charge in [0.15, 0.2) is 5.82 Å². The standard InChI is InChI=1S/C14H23N3O/c1-11-16-13(18-17-11)6-10-15-12-5-9-14(12)7-3-2-4-8-14/h12,15H,2-10H2,1H3. The molecule has 1 unspecified atom stereocenters. The first-order chi connectivity index (χ1) is 8.78. The summed E-state index contributed by atoms with van der Waals surface area (Å²) in [6, 6.07) is 0.738. The van der Waals surface area contributed by atoms with E-state index in [1.807, 2.05) is 6.92 Å². The Balaban J connectivity index is 1.46. The Hall–Kier alpha value is -0.900. The molecule has 2 aliphatic carbocycles. The van der Waals surface area contributed by atoms with Gasteiger partial charge in [-0.1, -0.05) is 24.4 Å². The molecule has 1 aromatic rings. The number of aromatic nitrogens is 2. The minimum Gasteiger partial charge on any atom is -0.339 e. The molecular weight excluding hydrogens is 226 g/mol. The zero-order chi connectivity index (χ0) is 12.4. The van der Waals surface area contributed by atoms with Crippen molar-refractivity contribution in [1.82, 2.24) is 15.5 Å². The van der Waals surface area contributed by atoms with E-state index in [1.165, 1.54) is 44.9 Å². The molecule has 0 aromatic carbocycles. The van der Waals surface area contributed by atoms with Gasteiger partial charge >= 0.3 is 0 Å². The van der Waals surface area contributed by atoms with E-state index < -0.39 is 0 Å². The van der Waals surface area contributed by atoms with Crippen LogP contribution in [0.2, 0.25) is 0 Å². The topological polar surface area (TPSA) is 51.0 Å². The van der Waals surface area contributed by atoms with Crippen LogP contribution < -0.4 is 5.32 Å². The molecule has 1 N–H and O–H groups in total. The van der Waals surface area contributed by atoms with E-state index in [-0.39, 0.29) is 0 Å². The number of hydrogen-bond donors (Lipinski definition) is 1. The highest BCUT2D eigenvalue weighted by Gasteiger charge is 2.46. The van der Waals surface area contributed by atoms with Crippen LogP contribution >= 0.6 is 0 Å². The second-order valence-electron chi connectivity index (χ2n) is 5.95. The van der Waals surface area contributed by atoms with Crippen LogP contribution in [0.1, 0.15) is 56.7 Å². The lowest BCUT2D eigenvalue weighted by Crippen LogP contribution is -2.54. The van der Waals surface area contributed by atoms with Gasteiger partial charge in [0.2, 0.25) is 5.89 Å². The van der Waals surface area contributed by atoms with Crippen molar-refractivity contribution in [3.8, 4) is 0 Å². The first kappa shape index (κ1) is 12.2. The van der Waals surface area contributed by atoms with Crippen molar-refractivity contribution >= 4 is 0 Å². The molecule has 3 rings (SSSR count). The van der Waals surface area contributed by atoms with Crippen molar-refractivity contribution in [2.24, 2.45) is 5.41 Å². The second kappa shape index (κ2) is 5.00. The van der Waals surface area contributed by atoms with Crippen molar-refractivity contribution in [2.75, 3.05) is 6.54 Å². The lowest BCUT2D eigenvalue weighted by Gasteiger charge is -2.52. The first-order valence-corrected chi connectivity index (χ1v) is 7.31. The number of rotatable bonds is 4. The third-order valence-electron chi connectivity index (χ3n) is 4.82. The zero-order valence-corrected chi connectivity index (χ0v) is 11.2. The highest BCUT2D eigenvalue weighted by molar-refractivity contribution is 5.01. The molecule has 1 aromatic heterocycles. The molecule has 2 aliphatic rings. The highest BCUT2D eigenvalue weighted by Crippen LogP contribution is 2.51. The molecule has 4 nitrogen and oxygen atoms in total. The van der Waals surface area contributed by atoms with Crippen LogP contribution in [0.3, 0.4) is 0 Å². The van der Waals surface area contributed by atoms with E-state index >= 15 is 0 Å². The van der Waals surface area contributed by atoms with Crippen LogP contribution in [-0.4, -0.2) is 22.7 Å². The monoisotopic (exact) mass is 249 g/mol. The Morgan fingerprint density at radius 2 is 2.11 bits per heavy atom. The summed E-state index contributed by atoms with van der Waals surface area (Å²) < 4.78 is 5.13. The van der Waals surface area contributed by atoms with Gasteiger partial charge in [-0.25, -0.2) is 0 Å². The Kier molecular flexibility index (Phi) is 3.37. The fourth-order valence-electron chi connectivity index (χ4n) is 3.66. The highest BCUT2D eigenvalue weighted by atomic mass is 16.5. The molecule has 0 saturated heterocycles. The summed E-state index contributed by atoms with van der Waals surface area (Å²) in [5.74, 6) is 1.49. The molecule has 1 atom stereocenters. The molecule has 100 valence electrons. The van der Waals surface area contributed by atoms with Crippen molar-refractivity contribution < 1.29 is 4.52 Å². The van der Waals surface area contributed by atoms with Crippen LogP contribution in [0.5, 0.6) is 0 Å². The predicted molar refractivity (Wildman–Crippen MR) is 69.3 cm³/mol. The van der Waals surface area contributed by atoms with E-state index in [1.54, 1.807) is 0 Å². The van der Waals surface area contributed by atoms with Crippen LogP contribution in [0.15, 0.2) is 4.52 Å². The molecule has 4 heteroatoms. The van der Waals surface area contributed by atoms with E-state index in [0.29, 0.717) is 5.41 Å². The predicted octanol–water partition coefficient (Wildman–Crippen LogP) is 2.62. The van der Waals surface area contributed by atoms with Gasteiger partial charge < -0.3 is 9.84 Å². The smallest absolute Gasteiger partial charge is 0.227 e. The second-order valence-corrected chi connectivity index (χ2v) is 5.95. The van der Waals surface area contributed by atoms with Crippen molar-refractivity contribution in [3.05, 3.63) is 11.7 Å². The molecule has 0 radical (unpaired) electrons. The largest absolute Gasteiger partial charge is 0.339 e. The van der Waals surface area contributed by atoms with Gasteiger partial charge in [-0.05, 0) is 38.0 Å². The maximum atomic E-state index is 5.13. The zero-order valence-electron chi connectivity index (χ0n) is 11.2. The molecule has 1 heterocycles. The maximum Gasteiger partial charge on any atom is 0.227 e. The van der Waals surface area contributed by atoms with Crippen molar-refractivity contribution in [2.45, 2.75) is 64.3 Å². The number of nitrogens with one attached hydrogen (secondary N) is 1. The lowest BCUT2D eigenvalue weighted by atomic mass is 9.57. The molecule has 18 heavy (non-hydrogen) atoms. The van der Waals surface area contributed by atoms with Gasteiger partial charge in [-0.15, -0.1) is 0 Å². The van der Waals surface area contributed by atoms with Crippen molar-refractivity contribution in [3.63, 3.8) is 0 Å².